The monoisotopic (exact) mass is 500 g/mol. The summed E-state index contributed by atoms with van der Waals surface area (Å²) >= 11 is 0. The maximum Gasteiger partial charge on any atom is 0.219 e. The van der Waals surface area contributed by atoms with Gasteiger partial charge in [0.15, 0.2) is 5.82 Å². The van der Waals surface area contributed by atoms with Gasteiger partial charge in [0.1, 0.15) is 0 Å². The molecule has 4 aliphatic rings. The predicted molar refractivity (Wildman–Crippen MR) is 144 cm³/mol. The van der Waals surface area contributed by atoms with Gasteiger partial charge in [0.05, 0.1) is 19.2 Å². The minimum atomic E-state index is 0.117. The van der Waals surface area contributed by atoms with Gasteiger partial charge in [-0.2, -0.15) is 10.2 Å². The molecule has 1 aliphatic carbocycles. The molecule has 194 valence electrons. The van der Waals surface area contributed by atoms with Crippen molar-refractivity contribution in [3.05, 3.63) is 71.1 Å². The Morgan fingerprint density at radius 3 is 2.76 bits per heavy atom. The van der Waals surface area contributed by atoms with Crippen LogP contribution >= 0.6 is 0 Å². The fraction of sp³-hybridized carbons (Fsp3) is 0.483. The topological polar surface area (TPSA) is 66.2 Å². The number of nitrogens with zero attached hydrogens (tertiary/aromatic N) is 6. The number of carbonyl (C=O) groups is 1. The lowest BCUT2D eigenvalue weighted by atomic mass is 9.87. The minimum Gasteiger partial charge on any atom is -0.379 e. The van der Waals surface area contributed by atoms with Gasteiger partial charge in [-0.15, -0.1) is 0 Å². The summed E-state index contributed by atoms with van der Waals surface area (Å²) in [5.41, 5.74) is 4.82. The molecule has 2 unspecified atom stereocenters. The highest BCUT2D eigenvalue weighted by Crippen LogP contribution is 2.37. The second-order valence-corrected chi connectivity index (χ2v) is 10.6. The van der Waals surface area contributed by atoms with Gasteiger partial charge in [-0.25, -0.2) is 0 Å². The number of aromatic nitrogens is 2. The van der Waals surface area contributed by atoms with E-state index in [-0.39, 0.29) is 11.9 Å². The van der Waals surface area contributed by atoms with E-state index in [9.17, 15) is 4.79 Å². The second kappa shape index (κ2) is 10.2. The molecule has 4 heterocycles. The van der Waals surface area contributed by atoms with Gasteiger partial charge in [-0.3, -0.25) is 14.5 Å². The van der Waals surface area contributed by atoms with E-state index in [0.717, 1.165) is 51.3 Å². The van der Waals surface area contributed by atoms with E-state index in [2.05, 4.69) is 69.5 Å². The van der Waals surface area contributed by atoms with Crippen LogP contribution in [0.4, 0.5) is 5.82 Å². The number of hydrogen-bond acceptors (Lipinski definition) is 6. The van der Waals surface area contributed by atoms with Crippen LogP contribution in [0.2, 0.25) is 0 Å². The number of allylic oxidation sites excluding steroid dienone is 3. The van der Waals surface area contributed by atoms with Crippen LogP contribution < -0.4 is 4.90 Å². The number of hydrazone groups is 1. The molecule has 8 nitrogen and oxygen atoms in total. The molecule has 1 saturated heterocycles. The van der Waals surface area contributed by atoms with E-state index < -0.39 is 0 Å². The van der Waals surface area contributed by atoms with Gasteiger partial charge in [-0.05, 0) is 30.4 Å². The third-order valence-corrected chi connectivity index (χ3v) is 8.11. The summed E-state index contributed by atoms with van der Waals surface area (Å²) in [6.07, 6.45) is 11.8. The molecule has 37 heavy (non-hydrogen) atoms. The first-order valence-electron chi connectivity index (χ1n) is 13.5. The summed E-state index contributed by atoms with van der Waals surface area (Å²) in [6, 6.07) is 10.8. The SMILES string of the molecule is CC(=O)N1CCc2c(c(N(Cc3ccccc3)C3=CCC(C4C=NN(C)C4)C=C3)nn2[C@H]2CCOC2)C1. The number of rotatable bonds is 6. The Bertz CT molecular complexity index is 1230. The lowest BCUT2D eigenvalue weighted by molar-refractivity contribution is -0.129. The molecule has 1 aromatic heterocycles. The molecule has 0 saturated carbocycles. The normalized spacial score (nSPS) is 24.9. The van der Waals surface area contributed by atoms with E-state index in [1.807, 2.05) is 17.0 Å². The summed E-state index contributed by atoms with van der Waals surface area (Å²) in [7, 11) is 2.03. The molecule has 0 radical (unpaired) electrons. The number of benzene rings is 1. The third kappa shape index (κ3) is 4.82. The van der Waals surface area contributed by atoms with Crippen molar-refractivity contribution in [1.29, 1.82) is 0 Å². The Morgan fingerprint density at radius 2 is 2.08 bits per heavy atom. The molecular formula is C29H36N6O2. The molecular weight excluding hydrogens is 464 g/mol. The van der Waals surface area contributed by atoms with Crippen LogP contribution in [0.25, 0.3) is 0 Å². The van der Waals surface area contributed by atoms with Crippen molar-refractivity contribution in [2.45, 2.75) is 45.3 Å². The van der Waals surface area contributed by atoms with Crippen molar-refractivity contribution in [1.82, 2.24) is 19.7 Å². The van der Waals surface area contributed by atoms with Crippen LogP contribution in [0.1, 0.15) is 42.6 Å². The molecule has 0 spiro atoms. The quantitative estimate of drug-likeness (QED) is 0.604. The first kappa shape index (κ1) is 24.0. The van der Waals surface area contributed by atoms with Crippen LogP contribution in [0.5, 0.6) is 0 Å². The fourth-order valence-electron chi connectivity index (χ4n) is 5.97. The zero-order chi connectivity index (χ0) is 25.4. The Labute approximate surface area is 218 Å². The number of fused-ring (bicyclic) bond motifs is 1. The predicted octanol–water partition coefficient (Wildman–Crippen LogP) is 3.76. The molecule has 8 heteroatoms. The molecule has 6 rings (SSSR count). The van der Waals surface area contributed by atoms with Crippen molar-refractivity contribution in [3.63, 3.8) is 0 Å². The maximum absolute atomic E-state index is 12.4. The van der Waals surface area contributed by atoms with Gasteiger partial charge in [0, 0.05) is 75.7 Å². The van der Waals surface area contributed by atoms with Gasteiger partial charge in [0.2, 0.25) is 5.91 Å². The molecule has 0 N–H and O–H groups in total. The molecule has 1 aromatic carbocycles. The van der Waals surface area contributed by atoms with E-state index >= 15 is 0 Å². The molecule has 3 atom stereocenters. The highest BCUT2D eigenvalue weighted by molar-refractivity contribution is 5.74. The maximum atomic E-state index is 12.4. The first-order valence-corrected chi connectivity index (χ1v) is 13.5. The standard InChI is InChI=1S/C29H36N6O2/c1-21(36)33-14-12-28-27(19-33)29(31-35(28)26-13-15-37-20-26)34(17-22-6-4-3-5-7-22)25-10-8-23(9-11-25)24-16-30-32(2)18-24/h3-8,10-11,16,23-24,26H,9,12-15,17-20H2,1-2H3/t23?,24?,26-/m0/s1. The average molecular weight is 501 g/mol. The summed E-state index contributed by atoms with van der Waals surface area (Å²) in [5.74, 6) is 1.98. The summed E-state index contributed by atoms with van der Waals surface area (Å²) in [4.78, 5) is 16.7. The van der Waals surface area contributed by atoms with Crippen LogP contribution in [0.3, 0.4) is 0 Å². The van der Waals surface area contributed by atoms with E-state index in [4.69, 9.17) is 9.84 Å². The Morgan fingerprint density at radius 1 is 1.22 bits per heavy atom. The van der Waals surface area contributed by atoms with Gasteiger partial charge in [-0.1, -0.05) is 42.5 Å². The smallest absolute Gasteiger partial charge is 0.219 e. The zero-order valence-electron chi connectivity index (χ0n) is 21.8. The van der Waals surface area contributed by atoms with Crippen molar-refractivity contribution >= 4 is 17.9 Å². The van der Waals surface area contributed by atoms with Crippen molar-refractivity contribution < 1.29 is 9.53 Å². The summed E-state index contributed by atoms with van der Waals surface area (Å²) in [6.45, 7) is 6.16. The number of anilines is 1. The Balaban J connectivity index is 1.37. The van der Waals surface area contributed by atoms with E-state index in [1.54, 1.807) is 6.92 Å². The van der Waals surface area contributed by atoms with Crippen LogP contribution in [0.15, 0.2) is 59.4 Å². The highest BCUT2D eigenvalue weighted by Gasteiger charge is 2.33. The number of amides is 1. The number of carbonyl (C=O) groups excluding carboxylic acids is 1. The van der Waals surface area contributed by atoms with Gasteiger partial charge in [0.25, 0.3) is 0 Å². The van der Waals surface area contributed by atoms with Crippen LogP contribution in [0, 0.1) is 11.8 Å². The lowest BCUT2D eigenvalue weighted by Gasteiger charge is -2.31. The zero-order valence-corrected chi connectivity index (χ0v) is 21.8. The number of ether oxygens (including phenoxy) is 1. The molecule has 0 bridgehead atoms. The van der Waals surface area contributed by atoms with Gasteiger partial charge < -0.3 is 14.5 Å². The second-order valence-electron chi connectivity index (χ2n) is 10.6. The average Bonchev–Trinajstić information content (AvgIpc) is 3.68. The summed E-state index contributed by atoms with van der Waals surface area (Å²) in [5, 5.41) is 11.7. The van der Waals surface area contributed by atoms with Crippen molar-refractivity contribution in [2.24, 2.45) is 16.9 Å². The highest BCUT2D eigenvalue weighted by atomic mass is 16.5. The Hall–Kier alpha value is -3.39. The summed E-state index contributed by atoms with van der Waals surface area (Å²) < 4.78 is 7.95. The number of hydrogen-bond donors (Lipinski definition) is 0. The lowest BCUT2D eigenvalue weighted by Crippen LogP contribution is -2.35. The van der Waals surface area contributed by atoms with Crippen LogP contribution in [-0.2, 0) is 29.0 Å². The van der Waals surface area contributed by atoms with Crippen LogP contribution in [-0.4, -0.2) is 65.2 Å². The van der Waals surface area contributed by atoms with E-state index in [0.29, 0.717) is 25.0 Å². The molecule has 1 fully saturated rings. The Kier molecular flexibility index (Phi) is 6.59. The molecule has 2 aromatic rings. The first-order chi connectivity index (χ1) is 18.1. The van der Waals surface area contributed by atoms with E-state index in [1.165, 1.54) is 22.5 Å². The third-order valence-electron chi connectivity index (χ3n) is 8.11. The largest absolute Gasteiger partial charge is 0.379 e. The van der Waals surface area contributed by atoms with Crippen molar-refractivity contribution in [3.8, 4) is 0 Å². The fourth-order valence-corrected chi connectivity index (χ4v) is 5.97. The van der Waals surface area contributed by atoms with Crippen molar-refractivity contribution in [2.75, 3.05) is 38.3 Å². The molecule has 1 amide bonds. The molecule has 3 aliphatic heterocycles. The minimum absolute atomic E-state index is 0.117. The van der Waals surface area contributed by atoms with Gasteiger partial charge >= 0.3 is 0 Å².